The number of hydrogen-bond acceptors (Lipinski definition) is 2. The van der Waals surface area contributed by atoms with Gasteiger partial charge in [-0.2, -0.15) is 0 Å². The van der Waals surface area contributed by atoms with Crippen molar-refractivity contribution in [1.29, 1.82) is 0 Å². The van der Waals surface area contributed by atoms with Crippen LogP contribution < -0.4 is 5.32 Å². The quantitative estimate of drug-likeness (QED) is 0.712. The van der Waals surface area contributed by atoms with Crippen molar-refractivity contribution in [3.05, 3.63) is 34.0 Å². The van der Waals surface area contributed by atoms with Crippen LogP contribution in [0, 0.1) is 0 Å². The molecule has 1 heterocycles. The number of nitrogens with one attached hydrogen (secondary N) is 1. The third-order valence-corrected chi connectivity index (χ3v) is 4.66. The lowest BCUT2D eigenvalue weighted by molar-refractivity contribution is 0.501. The van der Waals surface area contributed by atoms with Crippen molar-refractivity contribution in [3.63, 3.8) is 0 Å². The first kappa shape index (κ1) is 13.8. The maximum Gasteiger partial charge on any atom is 0.0279 e. The minimum atomic E-state index is 0.635. The molecule has 1 aliphatic carbocycles. The van der Waals surface area contributed by atoms with Crippen LogP contribution in [0.15, 0.2) is 29.2 Å². The summed E-state index contributed by atoms with van der Waals surface area (Å²) in [4.78, 5) is 1.53. The summed E-state index contributed by atoms with van der Waals surface area (Å²) < 4.78 is 0. The summed E-state index contributed by atoms with van der Waals surface area (Å²) in [5.41, 5.74) is 1.68. The standard InChI is InChI=1S/C16H25NS/c1-2-17-16(14-8-4-3-5-9-14)12-6-10-15-11-7-13-18-15/h7-8,11,13,16-17H,2-6,9-10,12H2,1H3. The summed E-state index contributed by atoms with van der Waals surface area (Å²) in [5.74, 6) is 0. The molecule has 1 atom stereocenters. The smallest absolute Gasteiger partial charge is 0.0279 e. The molecule has 2 rings (SSSR count). The lowest BCUT2D eigenvalue weighted by Crippen LogP contribution is -2.31. The van der Waals surface area contributed by atoms with E-state index in [0.29, 0.717) is 6.04 Å². The van der Waals surface area contributed by atoms with Gasteiger partial charge in [0.2, 0.25) is 0 Å². The highest BCUT2D eigenvalue weighted by molar-refractivity contribution is 7.09. The molecule has 1 nitrogen and oxygen atoms in total. The average Bonchev–Trinajstić information content (AvgIpc) is 2.92. The van der Waals surface area contributed by atoms with Gasteiger partial charge in [0.25, 0.3) is 0 Å². The van der Waals surface area contributed by atoms with Crippen LogP contribution in [-0.4, -0.2) is 12.6 Å². The zero-order valence-electron chi connectivity index (χ0n) is 11.5. The number of aryl methyl sites for hydroxylation is 1. The summed E-state index contributed by atoms with van der Waals surface area (Å²) in [6.07, 6.45) is 11.7. The highest BCUT2D eigenvalue weighted by Gasteiger charge is 2.14. The topological polar surface area (TPSA) is 12.0 Å². The van der Waals surface area contributed by atoms with Crippen LogP contribution in [0.3, 0.4) is 0 Å². The Morgan fingerprint density at radius 2 is 2.33 bits per heavy atom. The number of allylic oxidation sites excluding steroid dienone is 1. The van der Waals surface area contributed by atoms with Crippen molar-refractivity contribution < 1.29 is 0 Å². The summed E-state index contributed by atoms with van der Waals surface area (Å²) in [6.45, 7) is 3.30. The van der Waals surface area contributed by atoms with E-state index in [1.54, 1.807) is 5.57 Å². The number of rotatable bonds is 7. The van der Waals surface area contributed by atoms with Crippen LogP contribution in [0.4, 0.5) is 0 Å². The Labute approximate surface area is 115 Å². The molecule has 0 amide bonds. The SMILES string of the molecule is CCNC(CCCc1cccs1)C1=CCCCC1. The Morgan fingerprint density at radius 3 is 3.00 bits per heavy atom. The van der Waals surface area contributed by atoms with Crippen LogP contribution in [0.2, 0.25) is 0 Å². The predicted octanol–water partition coefficient (Wildman–Crippen LogP) is 4.55. The van der Waals surface area contributed by atoms with Crippen molar-refractivity contribution in [3.8, 4) is 0 Å². The molecule has 0 spiro atoms. The van der Waals surface area contributed by atoms with Crippen LogP contribution in [0.25, 0.3) is 0 Å². The zero-order chi connectivity index (χ0) is 12.6. The van der Waals surface area contributed by atoms with Gasteiger partial charge >= 0.3 is 0 Å². The van der Waals surface area contributed by atoms with Crippen molar-refractivity contribution >= 4 is 11.3 Å². The molecule has 0 aromatic carbocycles. The number of likely N-dealkylation sites (N-methyl/N-ethyl adjacent to an activating group) is 1. The molecule has 18 heavy (non-hydrogen) atoms. The first-order chi connectivity index (χ1) is 8.90. The zero-order valence-corrected chi connectivity index (χ0v) is 12.3. The molecule has 1 aliphatic rings. The fourth-order valence-electron chi connectivity index (χ4n) is 2.78. The van der Waals surface area contributed by atoms with Crippen LogP contribution in [0.5, 0.6) is 0 Å². The number of hydrogen-bond donors (Lipinski definition) is 1. The predicted molar refractivity (Wildman–Crippen MR) is 81.3 cm³/mol. The molecule has 1 unspecified atom stereocenters. The molecule has 1 N–H and O–H groups in total. The second-order valence-electron chi connectivity index (χ2n) is 5.11. The van der Waals surface area contributed by atoms with Gasteiger partial charge in [-0.25, -0.2) is 0 Å². The average molecular weight is 263 g/mol. The van der Waals surface area contributed by atoms with Gasteiger partial charge < -0.3 is 5.32 Å². The number of thiophene rings is 1. The van der Waals surface area contributed by atoms with Crippen molar-refractivity contribution in [2.75, 3.05) is 6.54 Å². The van der Waals surface area contributed by atoms with E-state index >= 15 is 0 Å². The minimum Gasteiger partial charge on any atom is -0.311 e. The summed E-state index contributed by atoms with van der Waals surface area (Å²) in [7, 11) is 0. The van der Waals surface area contributed by atoms with Crippen molar-refractivity contribution in [2.45, 2.75) is 57.9 Å². The Bertz CT molecular complexity index is 353. The molecule has 0 fully saturated rings. The van der Waals surface area contributed by atoms with Gasteiger partial charge in [-0.1, -0.05) is 24.6 Å². The first-order valence-electron chi connectivity index (χ1n) is 7.35. The van der Waals surface area contributed by atoms with Gasteiger partial charge in [0.1, 0.15) is 0 Å². The van der Waals surface area contributed by atoms with E-state index in [4.69, 9.17) is 0 Å². The van der Waals surface area contributed by atoms with Crippen LogP contribution in [-0.2, 0) is 6.42 Å². The monoisotopic (exact) mass is 263 g/mol. The van der Waals surface area contributed by atoms with E-state index in [1.165, 1.54) is 49.8 Å². The van der Waals surface area contributed by atoms with Gasteiger partial charge in [-0.3, -0.25) is 0 Å². The molecule has 1 aromatic rings. The van der Waals surface area contributed by atoms with Gasteiger partial charge in [-0.15, -0.1) is 11.3 Å². The van der Waals surface area contributed by atoms with E-state index in [2.05, 4.69) is 35.8 Å². The fourth-order valence-corrected chi connectivity index (χ4v) is 3.53. The minimum absolute atomic E-state index is 0.635. The van der Waals surface area contributed by atoms with Crippen LogP contribution in [0.1, 0.15) is 50.3 Å². The van der Waals surface area contributed by atoms with Crippen molar-refractivity contribution in [2.24, 2.45) is 0 Å². The third-order valence-electron chi connectivity index (χ3n) is 3.72. The van der Waals surface area contributed by atoms with E-state index in [0.717, 1.165) is 6.54 Å². The molecule has 0 saturated carbocycles. The molecule has 0 radical (unpaired) electrons. The van der Waals surface area contributed by atoms with Gasteiger partial charge in [0, 0.05) is 10.9 Å². The third kappa shape index (κ3) is 4.25. The second-order valence-corrected chi connectivity index (χ2v) is 6.14. The van der Waals surface area contributed by atoms with E-state index in [1.807, 2.05) is 11.3 Å². The Kier molecular flexibility index (Phi) is 5.95. The molecular weight excluding hydrogens is 238 g/mol. The summed E-state index contributed by atoms with van der Waals surface area (Å²) >= 11 is 1.89. The molecule has 1 aromatic heterocycles. The van der Waals surface area contributed by atoms with E-state index in [9.17, 15) is 0 Å². The molecule has 0 saturated heterocycles. The van der Waals surface area contributed by atoms with E-state index < -0.39 is 0 Å². The largest absolute Gasteiger partial charge is 0.311 e. The van der Waals surface area contributed by atoms with Gasteiger partial charge in [-0.05, 0) is 62.9 Å². The molecule has 0 aliphatic heterocycles. The lowest BCUT2D eigenvalue weighted by Gasteiger charge is -2.24. The molecule has 100 valence electrons. The lowest BCUT2D eigenvalue weighted by atomic mass is 9.91. The Balaban J connectivity index is 1.80. The first-order valence-corrected chi connectivity index (χ1v) is 8.23. The Morgan fingerprint density at radius 1 is 1.39 bits per heavy atom. The highest BCUT2D eigenvalue weighted by Crippen LogP contribution is 2.23. The maximum atomic E-state index is 3.67. The summed E-state index contributed by atoms with van der Waals surface area (Å²) in [5, 5.41) is 5.85. The highest BCUT2D eigenvalue weighted by atomic mass is 32.1. The normalized spacial score (nSPS) is 17.5. The van der Waals surface area contributed by atoms with E-state index in [-0.39, 0.29) is 0 Å². The maximum absolute atomic E-state index is 3.67. The molecular formula is C16H25NS. The Hall–Kier alpha value is -0.600. The molecule has 2 heteroatoms. The van der Waals surface area contributed by atoms with Gasteiger partial charge in [0.15, 0.2) is 0 Å². The second kappa shape index (κ2) is 7.75. The van der Waals surface area contributed by atoms with Gasteiger partial charge in [0.05, 0.1) is 0 Å². The molecule has 0 bridgehead atoms. The van der Waals surface area contributed by atoms with Crippen LogP contribution >= 0.6 is 11.3 Å². The fraction of sp³-hybridized carbons (Fsp3) is 0.625. The van der Waals surface area contributed by atoms with Crippen molar-refractivity contribution in [1.82, 2.24) is 5.32 Å². The summed E-state index contributed by atoms with van der Waals surface area (Å²) in [6, 6.07) is 5.05.